The second-order valence-corrected chi connectivity index (χ2v) is 6.25. The lowest BCUT2D eigenvalue weighted by Crippen LogP contribution is -2.47. The number of piperidine rings is 1. The van der Waals surface area contributed by atoms with Crippen molar-refractivity contribution in [2.24, 2.45) is 11.3 Å². The van der Waals surface area contributed by atoms with Crippen LogP contribution in [0, 0.1) is 11.3 Å². The van der Waals surface area contributed by atoms with Crippen LogP contribution in [0.1, 0.15) is 47.0 Å². The quantitative estimate of drug-likeness (QED) is 0.775. The Morgan fingerprint density at radius 2 is 1.81 bits per heavy atom. The molecule has 0 bridgehead atoms. The maximum absolute atomic E-state index is 3.48. The zero-order valence-corrected chi connectivity index (χ0v) is 11.8. The highest BCUT2D eigenvalue weighted by molar-refractivity contribution is 4.82. The standard InChI is InChI=1S/C14H30N2/c1-6-12(2)13(15-5)11-16-9-7-14(3,4)8-10-16/h12-13,15H,6-11H2,1-5H3. The summed E-state index contributed by atoms with van der Waals surface area (Å²) in [6, 6.07) is 0.659. The van der Waals surface area contributed by atoms with Crippen LogP contribution in [-0.4, -0.2) is 37.6 Å². The molecule has 0 aromatic heterocycles. The predicted molar refractivity (Wildman–Crippen MR) is 71.8 cm³/mol. The molecule has 0 aromatic carbocycles. The molecule has 1 saturated heterocycles. The molecule has 0 radical (unpaired) electrons. The predicted octanol–water partition coefficient (Wildman–Crippen LogP) is 2.74. The van der Waals surface area contributed by atoms with Crippen LogP contribution < -0.4 is 5.32 Å². The van der Waals surface area contributed by atoms with Gasteiger partial charge in [-0.2, -0.15) is 0 Å². The molecule has 2 atom stereocenters. The van der Waals surface area contributed by atoms with Crippen molar-refractivity contribution in [3.63, 3.8) is 0 Å². The number of hydrogen-bond donors (Lipinski definition) is 1. The average molecular weight is 226 g/mol. The third-order valence-corrected chi connectivity index (χ3v) is 4.37. The maximum Gasteiger partial charge on any atom is 0.0217 e. The highest BCUT2D eigenvalue weighted by Gasteiger charge is 2.27. The Hall–Kier alpha value is -0.0800. The van der Waals surface area contributed by atoms with E-state index < -0.39 is 0 Å². The molecule has 1 aliphatic rings. The van der Waals surface area contributed by atoms with Crippen LogP contribution in [0.2, 0.25) is 0 Å². The summed E-state index contributed by atoms with van der Waals surface area (Å²) in [5, 5.41) is 3.48. The molecule has 1 N–H and O–H groups in total. The van der Waals surface area contributed by atoms with Crippen molar-refractivity contribution < 1.29 is 0 Å². The third kappa shape index (κ3) is 4.06. The smallest absolute Gasteiger partial charge is 0.0217 e. The van der Waals surface area contributed by atoms with E-state index in [1.165, 1.54) is 38.9 Å². The van der Waals surface area contributed by atoms with E-state index in [1.54, 1.807) is 0 Å². The highest BCUT2D eigenvalue weighted by Crippen LogP contribution is 2.29. The van der Waals surface area contributed by atoms with Gasteiger partial charge in [0.05, 0.1) is 0 Å². The number of likely N-dealkylation sites (N-methyl/N-ethyl adjacent to an activating group) is 1. The fraction of sp³-hybridized carbons (Fsp3) is 1.00. The first-order chi connectivity index (χ1) is 7.48. The van der Waals surface area contributed by atoms with Gasteiger partial charge in [0.1, 0.15) is 0 Å². The van der Waals surface area contributed by atoms with E-state index in [9.17, 15) is 0 Å². The molecule has 0 saturated carbocycles. The van der Waals surface area contributed by atoms with Gasteiger partial charge < -0.3 is 10.2 Å². The number of nitrogens with one attached hydrogen (secondary N) is 1. The minimum Gasteiger partial charge on any atom is -0.315 e. The van der Waals surface area contributed by atoms with Crippen molar-refractivity contribution >= 4 is 0 Å². The zero-order chi connectivity index (χ0) is 12.2. The van der Waals surface area contributed by atoms with Gasteiger partial charge >= 0.3 is 0 Å². The minimum atomic E-state index is 0.571. The molecule has 0 spiro atoms. The first-order valence-corrected chi connectivity index (χ1v) is 6.88. The van der Waals surface area contributed by atoms with E-state index >= 15 is 0 Å². The molecule has 1 heterocycles. The van der Waals surface area contributed by atoms with Crippen molar-refractivity contribution in [2.45, 2.75) is 53.0 Å². The molecule has 1 fully saturated rings. The second-order valence-electron chi connectivity index (χ2n) is 6.25. The van der Waals surface area contributed by atoms with Gasteiger partial charge in [0.2, 0.25) is 0 Å². The Morgan fingerprint density at radius 3 is 2.25 bits per heavy atom. The Balaban J connectivity index is 2.37. The molecule has 2 unspecified atom stereocenters. The first-order valence-electron chi connectivity index (χ1n) is 6.88. The highest BCUT2D eigenvalue weighted by atomic mass is 15.2. The molecule has 2 heteroatoms. The van der Waals surface area contributed by atoms with E-state index in [0.717, 1.165) is 5.92 Å². The SMILES string of the molecule is CCC(C)C(CN1CCC(C)(C)CC1)NC. The van der Waals surface area contributed by atoms with E-state index in [4.69, 9.17) is 0 Å². The Labute approximate surface area is 102 Å². The van der Waals surface area contributed by atoms with Gasteiger partial charge in [-0.3, -0.25) is 0 Å². The molecule has 16 heavy (non-hydrogen) atoms. The summed E-state index contributed by atoms with van der Waals surface area (Å²) in [4.78, 5) is 2.64. The molecular weight excluding hydrogens is 196 g/mol. The van der Waals surface area contributed by atoms with Crippen LogP contribution in [0.15, 0.2) is 0 Å². The zero-order valence-electron chi connectivity index (χ0n) is 11.8. The van der Waals surface area contributed by atoms with Crippen molar-refractivity contribution in [3.8, 4) is 0 Å². The lowest BCUT2D eigenvalue weighted by Gasteiger charge is -2.39. The van der Waals surface area contributed by atoms with Crippen LogP contribution in [0.5, 0.6) is 0 Å². The van der Waals surface area contributed by atoms with Gasteiger partial charge in [-0.05, 0) is 44.3 Å². The van der Waals surface area contributed by atoms with E-state index in [1.807, 2.05) is 0 Å². The second kappa shape index (κ2) is 6.02. The molecule has 0 aliphatic carbocycles. The summed E-state index contributed by atoms with van der Waals surface area (Å²) in [6.07, 6.45) is 3.97. The summed E-state index contributed by atoms with van der Waals surface area (Å²) in [5.41, 5.74) is 0.571. The van der Waals surface area contributed by atoms with Gasteiger partial charge in [-0.25, -0.2) is 0 Å². The molecule has 1 rings (SSSR count). The van der Waals surface area contributed by atoms with Gasteiger partial charge in [-0.1, -0.05) is 34.1 Å². The van der Waals surface area contributed by atoms with Crippen molar-refractivity contribution in [1.29, 1.82) is 0 Å². The summed E-state index contributed by atoms with van der Waals surface area (Å²) in [7, 11) is 2.10. The largest absolute Gasteiger partial charge is 0.315 e. The average Bonchev–Trinajstić information content (AvgIpc) is 2.27. The number of hydrogen-bond acceptors (Lipinski definition) is 2. The molecule has 0 aromatic rings. The number of rotatable bonds is 5. The van der Waals surface area contributed by atoms with Gasteiger partial charge in [0.15, 0.2) is 0 Å². The van der Waals surface area contributed by atoms with Gasteiger partial charge in [0.25, 0.3) is 0 Å². The Bertz CT molecular complexity index is 191. The van der Waals surface area contributed by atoms with E-state index in [0.29, 0.717) is 11.5 Å². The molecule has 0 amide bonds. The normalized spacial score (nSPS) is 25.3. The van der Waals surface area contributed by atoms with Crippen molar-refractivity contribution in [2.75, 3.05) is 26.7 Å². The van der Waals surface area contributed by atoms with Crippen LogP contribution in [-0.2, 0) is 0 Å². The van der Waals surface area contributed by atoms with E-state index in [-0.39, 0.29) is 0 Å². The minimum absolute atomic E-state index is 0.571. The molecule has 1 aliphatic heterocycles. The van der Waals surface area contributed by atoms with Crippen molar-refractivity contribution in [1.82, 2.24) is 10.2 Å². The van der Waals surface area contributed by atoms with Crippen LogP contribution in [0.25, 0.3) is 0 Å². The molecular formula is C14H30N2. The van der Waals surface area contributed by atoms with Crippen LogP contribution in [0.4, 0.5) is 0 Å². The lowest BCUT2D eigenvalue weighted by molar-refractivity contribution is 0.115. The maximum atomic E-state index is 3.48. The first kappa shape index (κ1) is 14.0. The molecule has 2 nitrogen and oxygen atoms in total. The third-order valence-electron chi connectivity index (χ3n) is 4.37. The Morgan fingerprint density at radius 1 is 1.25 bits per heavy atom. The van der Waals surface area contributed by atoms with E-state index in [2.05, 4.69) is 45.0 Å². The molecule has 96 valence electrons. The fourth-order valence-corrected chi connectivity index (χ4v) is 2.46. The number of nitrogens with zero attached hydrogens (tertiary/aromatic N) is 1. The summed E-state index contributed by atoms with van der Waals surface area (Å²) < 4.78 is 0. The lowest BCUT2D eigenvalue weighted by atomic mass is 9.82. The topological polar surface area (TPSA) is 15.3 Å². The fourth-order valence-electron chi connectivity index (χ4n) is 2.46. The summed E-state index contributed by atoms with van der Waals surface area (Å²) in [6.45, 7) is 13.2. The summed E-state index contributed by atoms with van der Waals surface area (Å²) >= 11 is 0. The van der Waals surface area contributed by atoms with Crippen LogP contribution >= 0.6 is 0 Å². The van der Waals surface area contributed by atoms with Gasteiger partial charge in [-0.15, -0.1) is 0 Å². The monoisotopic (exact) mass is 226 g/mol. The Kier molecular flexibility index (Phi) is 5.26. The van der Waals surface area contributed by atoms with Gasteiger partial charge in [0, 0.05) is 12.6 Å². The van der Waals surface area contributed by atoms with Crippen molar-refractivity contribution in [3.05, 3.63) is 0 Å². The summed E-state index contributed by atoms with van der Waals surface area (Å²) in [5.74, 6) is 0.778. The van der Waals surface area contributed by atoms with Crippen LogP contribution in [0.3, 0.4) is 0 Å². The number of likely N-dealkylation sites (tertiary alicyclic amines) is 1.